The molecule has 0 saturated heterocycles. The number of sulfonamides is 1. The molecule has 4 rings (SSSR count). The largest absolute Gasteiger partial charge is 0.416 e. The fourth-order valence-electron chi connectivity index (χ4n) is 3.83. The monoisotopic (exact) mass is 408 g/mol. The fraction of sp³-hybridized carbons (Fsp3) is 0.588. The van der Waals surface area contributed by atoms with E-state index in [-0.39, 0.29) is 5.69 Å². The van der Waals surface area contributed by atoms with Gasteiger partial charge in [0.2, 0.25) is 10.0 Å². The first kappa shape index (κ1) is 19.9. The number of rotatable bonds is 4. The average Bonchev–Trinajstić information content (AvgIpc) is 2.54. The number of anilines is 1. The van der Waals surface area contributed by atoms with Gasteiger partial charge < -0.3 is 5.32 Å². The molecule has 27 heavy (non-hydrogen) atoms. The van der Waals surface area contributed by atoms with Gasteiger partial charge in [0, 0.05) is 5.54 Å². The van der Waals surface area contributed by atoms with Gasteiger partial charge in [0.05, 0.1) is 23.1 Å². The van der Waals surface area contributed by atoms with E-state index in [1.807, 2.05) is 0 Å². The smallest absolute Gasteiger partial charge is 0.347 e. The molecule has 3 aliphatic rings. The predicted molar refractivity (Wildman–Crippen MR) is 91.6 cm³/mol. The van der Waals surface area contributed by atoms with Gasteiger partial charge in [0.1, 0.15) is 5.67 Å². The summed E-state index contributed by atoms with van der Waals surface area (Å²) in [4.78, 5) is 12.8. The molecule has 2 bridgehead atoms. The maximum absolute atomic E-state index is 14.3. The van der Waals surface area contributed by atoms with Crippen molar-refractivity contribution < 1.29 is 30.8 Å². The molecule has 3 saturated carbocycles. The lowest BCUT2D eigenvalue weighted by Gasteiger charge is -2.50. The highest BCUT2D eigenvalue weighted by atomic mass is 32.2. The van der Waals surface area contributed by atoms with E-state index in [2.05, 4.69) is 10.0 Å². The molecule has 10 heteroatoms. The lowest BCUT2D eigenvalue weighted by molar-refractivity contribution is -0.137. The van der Waals surface area contributed by atoms with E-state index in [4.69, 9.17) is 0 Å². The van der Waals surface area contributed by atoms with E-state index in [0.717, 1.165) is 12.3 Å². The number of hydrogen-bond donors (Lipinski definition) is 2. The first-order chi connectivity index (χ1) is 12.3. The Labute approximate surface area is 154 Å². The first-order valence-corrected chi connectivity index (χ1v) is 10.4. The number of carbonyl (C=O) groups is 1. The van der Waals surface area contributed by atoms with Crippen molar-refractivity contribution in [2.24, 2.45) is 0 Å². The molecular weight excluding hydrogens is 388 g/mol. The van der Waals surface area contributed by atoms with Crippen LogP contribution < -0.4 is 10.0 Å². The number of amides is 1. The summed E-state index contributed by atoms with van der Waals surface area (Å²) in [6.45, 7) is 0. The molecule has 150 valence electrons. The number of fused-ring (bicyclic) bond motifs is 3. The number of benzene rings is 1. The van der Waals surface area contributed by atoms with E-state index < -0.39 is 44.4 Å². The zero-order chi connectivity index (χ0) is 20.1. The summed E-state index contributed by atoms with van der Waals surface area (Å²) in [5, 5.41) is 2.75. The van der Waals surface area contributed by atoms with Crippen LogP contribution in [0.15, 0.2) is 18.2 Å². The number of hydrogen-bond acceptors (Lipinski definition) is 3. The first-order valence-electron chi connectivity index (χ1n) is 8.52. The summed E-state index contributed by atoms with van der Waals surface area (Å²) >= 11 is 0. The molecule has 0 spiro atoms. The highest BCUT2D eigenvalue weighted by Crippen LogP contribution is 2.49. The Morgan fingerprint density at radius 2 is 1.63 bits per heavy atom. The Morgan fingerprint density at radius 3 is 2.11 bits per heavy atom. The van der Waals surface area contributed by atoms with Crippen LogP contribution in [0.1, 0.15) is 54.4 Å². The molecule has 0 aromatic heterocycles. The quantitative estimate of drug-likeness (QED) is 0.748. The van der Waals surface area contributed by atoms with Gasteiger partial charge in [-0.2, -0.15) is 13.2 Å². The highest BCUT2D eigenvalue weighted by Gasteiger charge is 2.49. The van der Waals surface area contributed by atoms with Crippen LogP contribution in [-0.4, -0.2) is 31.8 Å². The third kappa shape index (κ3) is 4.36. The van der Waals surface area contributed by atoms with Crippen molar-refractivity contribution in [2.75, 3.05) is 11.0 Å². The van der Waals surface area contributed by atoms with Crippen molar-refractivity contribution in [3.8, 4) is 0 Å². The average molecular weight is 408 g/mol. The maximum Gasteiger partial charge on any atom is 0.416 e. The Kier molecular flexibility index (Phi) is 4.69. The van der Waals surface area contributed by atoms with Crippen LogP contribution in [-0.2, 0) is 16.2 Å². The Hall–Kier alpha value is -1.84. The van der Waals surface area contributed by atoms with Gasteiger partial charge in [-0.3, -0.25) is 9.52 Å². The van der Waals surface area contributed by atoms with Crippen LogP contribution in [0.2, 0.25) is 0 Å². The number of alkyl halides is 4. The van der Waals surface area contributed by atoms with Crippen LogP contribution in [0.3, 0.4) is 0 Å². The Balaban J connectivity index is 1.92. The minimum Gasteiger partial charge on any atom is -0.347 e. The third-order valence-electron chi connectivity index (χ3n) is 5.42. The summed E-state index contributed by atoms with van der Waals surface area (Å²) in [7, 11) is -3.80. The highest BCUT2D eigenvalue weighted by molar-refractivity contribution is 7.92. The standard InChI is InChI=1S/C17H20F4N2O3S/c1-27(25,26)23-13-3-2-11(17(19,20)21)10-12(13)14(24)22-16-7-4-15(18,5-8-16)6-9-16/h2-3,10,23H,4-9H2,1H3,(H,22,24). The third-order valence-corrected chi connectivity index (χ3v) is 6.01. The molecule has 0 heterocycles. The van der Waals surface area contributed by atoms with E-state index in [9.17, 15) is 30.8 Å². The summed E-state index contributed by atoms with van der Waals surface area (Å²) in [6, 6.07) is 2.26. The van der Waals surface area contributed by atoms with Crippen molar-refractivity contribution in [2.45, 2.75) is 55.9 Å². The Morgan fingerprint density at radius 1 is 1.07 bits per heavy atom. The molecule has 1 amide bonds. The van der Waals surface area contributed by atoms with Crippen LogP contribution in [0.5, 0.6) is 0 Å². The van der Waals surface area contributed by atoms with Crippen molar-refractivity contribution in [1.82, 2.24) is 5.32 Å². The maximum atomic E-state index is 14.3. The van der Waals surface area contributed by atoms with E-state index in [1.165, 1.54) is 0 Å². The van der Waals surface area contributed by atoms with Gasteiger partial charge >= 0.3 is 6.18 Å². The summed E-state index contributed by atoms with van der Waals surface area (Å²) in [6.07, 6.45) is -1.73. The second kappa shape index (κ2) is 6.35. The van der Waals surface area contributed by atoms with Crippen molar-refractivity contribution >= 4 is 21.6 Å². The second-order valence-electron chi connectivity index (χ2n) is 7.52. The molecule has 1 aromatic carbocycles. The minimum atomic E-state index is -4.68. The molecule has 0 radical (unpaired) electrons. The van der Waals surface area contributed by atoms with Gasteiger partial charge in [-0.05, 0) is 56.7 Å². The summed E-state index contributed by atoms with van der Waals surface area (Å²) in [5.41, 5.74) is -3.58. The van der Waals surface area contributed by atoms with Crippen LogP contribution in [0.4, 0.5) is 23.2 Å². The summed E-state index contributed by atoms with van der Waals surface area (Å²) in [5.74, 6) is -0.805. The van der Waals surface area contributed by atoms with Crippen LogP contribution in [0, 0.1) is 0 Å². The molecule has 0 unspecified atom stereocenters. The lowest BCUT2D eigenvalue weighted by Crippen LogP contribution is -2.57. The van der Waals surface area contributed by atoms with E-state index >= 15 is 0 Å². The van der Waals surface area contributed by atoms with Gasteiger partial charge in [-0.1, -0.05) is 0 Å². The fourth-order valence-corrected chi connectivity index (χ4v) is 4.41. The predicted octanol–water partition coefficient (Wildman–Crippen LogP) is 3.62. The molecule has 2 N–H and O–H groups in total. The topological polar surface area (TPSA) is 75.3 Å². The number of halogens is 4. The number of nitrogens with one attached hydrogen (secondary N) is 2. The second-order valence-corrected chi connectivity index (χ2v) is 9.27. The van der Waals surface area contributed by atoms with Crippen LogP contribution in [0.25, 0.3) is 0 Å². The zero-order valence-corrected chi connectivity index (χ0v) is 15.4. The summed E-state index contributed by atoms with van der Waals surface area (Å²) < 4.78 is 78.5. The van der Waals surface area contributed by atoms with Crippen LogP contribution >= 0.6 is 0 Å². The van der Waals surface area contributed by atoms with Gasteiger partial charge in [-0.25, -0.2) is 12.8 Å². The molecule has 0 aliphatic heterocycles. The molecule has 5 nitrogen and oxygen atoms in total. The SMILES string of the molecule is CS(=O)(=O)Nc1ccc(C(F)(F)F)cc1C(=O)NC12CCC(F)(CC1)CC2. The molecular formula is C17H20F4N2O3S. The molecule has 3 aliphatic carbocycles. The van der Waals surface area contributed by atoms with Gasteiger partial charge in [0.25, 0.3) is 5.91 Å². The molecule has 3 fully saturated rings. The minimum absolute atomic E-state index is 0.231. The van der Waals surface area contributed by atoms with Gasteiger partial charge in [0.15, 0.2) is 0 Å². The van der Waals surface area contributed by atoms with E-state index in [1.54, 1.807) is 0 Å². The number of carbonyl (C=O) groups excluding carboxylic acids is 1. The lowest BCUT2D eigenvalue weighted by atomic mass is 9.64. The zero-order valence-electron chi connectivity index (χ0n) is 14.6. The van der Waals surface area contributed by atoms with Gasteiger partial charge in [-0.15, -0.1) is 0 Å². The Bertz CT molecular complexity index is 843. The molecule has 0 atom stereocenters. The van der Waals surface area contributed by atoms with Crippen molar-refractivity contribution in [3.05, 3.63) is 29.3 Å². The van der Waals surface area contributed by atoms with Crippen molar-refractivity contribution in [1.29, 1.82) is 0 Å². The van der Waals surface area contributed by atoms with E-state index in [0.29, 0.717) is 50.7 Å². The van der Waals surface area contributed by atoms with Crippen molar-refractivity contribution in [3.63, 3.8) is 0 Å². The molecule has 1 aromatic rings. The normalized spacial score (nSPS) is 28.0.